The maximum Gasteiger partial charge on any atom is 0.148 e. The number of imidazole rings is 1. The smallest absolute Gasteiger partial charge is 0.148 e. The molecule has 0 aliphatic heterocycles. The van der Waals surface area contributed by atoms with Crippen LogP contribution in [-0.4, -0.2) is 24.4 Å². The Hall–Kier alpha value is -4.90. The number of phenolic OH excluding ortho intramolecular Hbond substituents is 1. The number of aryl methyl sites for hydroxylation is 3. The highest BCUT2D eigenvalue weighted by atomic mass is 16.3. The largest absolute Gasteiger partial charge is 0.507 e. The predicted octanol–water partition coefficient (Wildman–Crippen LogP) is 11.2. The molecule has 2 aromatic heterocycles. The van der Waals surface area contributed by atoms with Crippen molar-refractivity contribution in [2.45, 2.75) is 86.5 Å². The van der Waals surface area contributed by atoms with Crippen molar-refractivity contribution < 1.29 is 5.11 Å². The fourth-order valence-corrected chi connectivity index (χ4v) is 6.80. The second-order valence-corrected chi connectivity index (χ2v) is 14.8. The van der Waals surface area contributed by atoms with Gasteiger partial charge in [-0.1, -0.05) is 103 Å². The number of hydrogen-bond donors (Lipinski definition) is 1. The molecule has 0 spiro atoms. The minimum absolute atomic E-state index is 0.0724. The van der Waals surface area contributed by atoms with Crippen LogP contribution in [0.1, 0.15) is 93.8 Å². The molecular weight excluding hydrogens is 589 g/mol. The molecule has 0 aliphatic rings. The molecule has 0 saturated heterocycles. The zero-order valence-electron chi connectivity index (χ0n) is 30.1. The second-order valence-electron chi connectivity index (χ2n) is 14.8. The van der Waals surface area contributed by atoms with Gasteiger partial charge in [0, 0.05) is 17.3 Å². The Bertz CT molecular complexity index is 2070. The average Bonchev–Trinajstić information content (AvgIpc) is 3.64. The standard InChI is InChI=1S/C43H48N4O/c1-26(2)34-18-14-19-35(27(3)4)41(34)46-25-37(44-42(46)36-17-11-12-20-39(36)48)31-15-13-16-33(24-31)47-38(23-30(7)45-47)40-28(5)21-32(22-29(40)6)43(8,9)10/h11-27,48H,1-10H3. The van der Waals surface area contributed by atoms with Crippen molar-refractivity contribution in [1.82, 2.24) is 19.3 Å². The van der Waals surface area contributed by atoms with Gasteiger partial charge in [0.1, 0.15) is 11.6 Å². The van der Waals surface area contributed by atoms with Crippen molar-refractivity contribution in [3.8, 4) is 51.0 Å². The first-order valence-electron chi connectivity index (χ1n) is 17.0. The average molecular weight is 637 g/mol. The first-order chi connectivity index (χ1) is 22.7. The molecule has 6 rings (SSSR count). The maximum atomic E-state index is 11.0. The van der Waals surface area contributed by atoms with Gasteiger partial charge in [-0.25, -0.2) is 9.67 Å². The second kappa shape index (κ2) is 12.6. The topological polar surface area (TPSA) is 55.9 Å². The number of aromatic hydroxyl groups is 1. The van der Waals surface area contributed by atoms with Crippen molar-refractivity contribution in [3.05, 3.63) is 125 Å². The Morgan fingerprint density at radius 3 is 1.96 bits per heavy atom. The van der Waals surface area contributed by atoms with Crippen molar-refractivity contribution in [2.75, 3.05) is 0 Å². The van der Waals surface area contributed by atoms with Gasteiger partial charge in [-0.15, -0.1) is 0 Å². The molecule has 0 saturated carbocycles. The summed E-state index contributed by atoms with van der Waals surface area (Å²) >= 11 is 0. The van der Waals surface area contributed by atoms with Gasteiger partial charge in [0.15, 0.2) is 0 Å². The Kier molecular flexibility index (Phi) is 8.67. The van der Waals surface area contributed by atoms with Gasteiger partial charge in [-0.3, -0.25) is 4.57 Å². The van der Waals surface area contributed by atoms with Crippen LogP contribution < -0.4 is 0 Å². The lowest BCUT2D eigenvalue weighted by Crippen LogP contribution is -2.12. The Morgan fingerprint density at radius 2 is 1.35 bits per heavy atom. The summed E-state index contributed by atoms with van der Waals surface area (Å²) in [5, 5.41) is 16.0. The van der Waals surface area contributed by atoms with Crippen molar-refractivity contribution in [3.63, 3.8) is 0 Å². The first-order valence-corrected chi connectivity index (χ1v) is 17.0. The molecule has 0 radical (unpaired) electrons. The number of benzene rings is 4. The van der Waals surface area contributed by atoms with Crippen LogP contribution in [0.3, 0.4) is 0 Å². The molecule has 0 atom stereocenters. The Balaban J connectivity index is 1.54. The predicted molar refractivity (Wildman–Crippen MR) is 200 cm³/mol. The lowest BCUT2D eigenvalue weighted by molar-refractivity contribution is 0.477. The van der Waals surface area contributed by atoms with E-state index in [1.54, 1.807) is 6.07 Å². The molecule has 0 fully saturated rings. The fraction of sp³-hybridized carbons (Fsp3) is 0.302. The Labute approximate surface area is 286 Å². The summed E-state index contributed by atoms with van der Waals surface area (Å²) in [4.78, 5) is 5.24. The molecule has 4 aromatic carbocycles. The van der Waals surface area contributed by atoms with Crippen LogP contribution in [0, 0.1) is 20.8 Å². The molecule has 0 unspecified atom stereocenters. The third-order valence-electron chi connectivity index (χ3n) is 9.31. The van der Waals surface area contributed by atoms with Crippen LogP contribution in [0.2, 0.25) is 0 Å². The SMILES string of the molecule is Cc1cc(-c2c(C)cc(C(C)(C)C)cc2C)n(-c2cccc(-c3cn(-c4c(C(C)C)cccc4C(C)C)c(-c4ccccc4O)n3)c2)n1. The van der Waals surface area contributed by atoms with Gasteiger partial charge >= 0.3 is 0 Å². The van der Waals surface area contributed by atoms with Crippen LogP contribution in [0.25, 0.3) is 45.3 Å². The van der Waals surface area contributed by atoms with Crippen LogP contribution in [0.15, 0.2) is 91.1 Å². The minimum atomic E-state index is 0.0724. The molecule has 0 bridgehead atoms. The highest BCUT2D eigenvalue weighted by Gasteiger charge is 2.23. The highest BCUT2D eigenvalue weighted by molar-refractivity contribution is 5.75. The van der Waals surface area contributed by atoms with Crippen LogP contribution in [-0.2, 0) is 5.41 Å². The Morgan fingerprint density at radius 1 is 0.729 bits per heavy atom. The summed E-state index contributed by atoms with van der Waals surface area (Å²) in [7, 11) is 0. The van der Waals surface area contributed by atoms with Gasteiger partial charge in [0.25, 0.3) is 0 Å². The molecule has 246 valence electrons. The van der Waals surface area contributed by atoms with Crippen LogP contribution in [0.5, 0.6) is 5.75 Å². The van der Waals surface area contributed by atoms with E-state index >= 15 is 0 Å². The number of aromatic nitrogens is 4. The van der Waals surface area contributed by atoms with Crippen molar-refractivity contribution >= 4 is 0 Å². The minimum Gasteiger partial charge on any atom is -0.507 e. The van der Waals surface area contributed by atoms with E-state index in [9.17, 15) is 5.11 Å². The van der Waals surface area contributed by atoms with E-state index in [0.717, 1.165) is 34.0 Å². The summed E-state index contributed by atoms with van der Waals surface area (Å²) in [6, 6.07) is 29.3. The van der Waals surface area contributed by atoms with E-state index < -0.39 is 0 Å². The molecular formula is C43H48N4O. The third-order valence-corrected chi connectivity index (χ3v) is 9.31. The normalized spacial score (nSPS) is 12.0. The van der Waals surface area contributed by atoms with E-state index in [4.69, 9.17) is 10.1 Å². The molecule has 2 heterocycles. The number of phenols is 1. The lowest BCUT2D eigenvalue weighted by Gasteiger charge is -2.22. The van der Waals surface area contributed by atoms with Gasteiger partial charge in [0.2, 0.25) is 0 Å². The van der Waals surface area contributed by atoms with Crippen molar-refractivity contribution in [2.24, 2.45) is 0 Å². The quantitative estimate of drug-likeness (QED) is 0.190. The molecule has 0 amide bonds. The highest BCUT2D eigenvalue weighted by Crippen LogP contribution is 2.39. The number of rotatable bonds is 7. The summed E-state index contributed by atoms with van der Waals surface area (Å²) in [6.07, 6.45) is 2.13. The zero-order valence-corrected chi connectivity index (χ0v) is 30.1. The van der Waals surface area contributed by atoms with Gasteiger partial charge in [-0.05, 0) is 96.2 Å². The summed E-state index contributed by atoms with van der Waals surface area (Å²) in [5.74, 6) is 1.52. The van der Waals surface area contributed by atoms with E-state index in [1.807, 2.05) is 18.2 Å². The van der Waals surface area contributed by atoms with Crippen LogP contribution in [0.4, 0.5) is 0 Å². The maximum absolute atomic E-state index is 11.0. The summed E-state index contributed by atoms with van der Waals surface area (Å²) < 4.78 is 4.26. The fourth-order valence-electron chi connectivity index (χ4n) is 6.80. The number of para-hydroxylation sites is 2. The van der Waals surface area contributed by atoms with Crippen LogP contribution >= 0.6 is 0 Å². The lowest BCUT2D eigenvalue weighted by atomic mass is 9.83. The van der Waals surface area contributed by atoms with Crippen molar-refractivity contribution in [1.29, 1.82) is 0 Å². The van der Waals surface area contributed by atoms with Gasteiger partial charge < -0.3 is 5.11 Å². The summed E-state index contributed by atoms with van der Waals surface area (Å²) in [6.45, 7) is 22.2. The van der Waals surface area contributed by atoms with Gasteiger partial charge in [-0.2, -0.15) is 5.10 Å². The first kappa shape index (κ1) is 33.0. The molecule has 5 heteroatoms. The van der Waals surface area contributed by atoms with E-state index in [2.05, 4.69) is 145 Å². The zero-order chi connectivity index (χ0) is 34.5. The molecule has 6 aromatic rings. The molecule has 5 nitrogen and oxygen atoms in total. The molecule has 1 N–H and O–H groups in total. The monoisotopic (exact) mass is 636 g/mol. The number of hydrogen-bond acceptors (Lipinski definition) is 3. The number of nitrogens with zero attached hydrogens (tertiary/aromatic N) is 4. The van der Waals surface area contributed by atoms with E-state index in [1.165, 1.54) is 33.4 Å². The van der Waals surface area contributed by atoms with E-state index in [-0.39, 0.29) is 11.2 Å². The summed E-state index contributed by atoms with van der Waals surface area (Å²) in [5.41, 5.74) is 14.2. The molecule has 0 aliphatic carbocycles. The third kappa shape index (κ3) is 6.10. The van der Waals surface area contributed by atoms with Gasteiger partial charge in [0.05, 0.1) is 34.0 Å². The van der Waals surface area contributed by atoms with E-state index in [0.29, 0.717) is 23.2 Å². The molecule has 48 heavy (non-hydrogen) atoms.